The van der Waals surface area contributed by atoms with Gasteiger partial charge in [0.25, 0.3) is 0 Å². The lowest BCUT2D eigenvalue weighted by molar-refractivity contribution is 1.18. The second-order valence-electron chi connectivity index (χ2n) is 16.1. The summed E-state index contributed by atoms with van der Waals surface area (Å²) < 4.78 is 4.77. The summed E-state index contributed by atoms with van der Waals surface area (Å²) in [6.45, 7) is 0. The summed E-state index contributed by atoms with van der Waals surface area (Å²) in [5.41, 5.74) is 19.1. The number of benzene rings is 10. The maximum Gasteiger partial charge on any atom is 0.0541 e. The van der Waals surface area contributed by atoms with Crippen molar-refractivity contribution < 1.29 is 0 Å². The van der Waals surface area contributed by atoms with Crippen LogP contribution in [-0.4, -0.2) is 9.13 Å². The second kappa shape index (κ2) is 14.8. The van der Waals surface area contributed by atoms with Crippen LogP contribution in [0.15, 0.2) is 243 Å². The zero-order valence-corrected chi connectivity index (χ0v) is 34.0. The highest BCUT2D eigenvalue weighted by molar-refractivity contribution is 6.10. The van der Waals surface area contributed by atoms with Crippen molar-refractivity contribution >= 4 is 43.6 Å². The van der Waals surface area contributed by atoms with E-state index in [0.717, 1.165) is 11.4 Å². The van der Waals surface area contributed by atoms with Crippen molar-refractivity contribution in [1.82, 2.24) is 9.13 Å². The maximum absolute atomic E-state index is 2.39. The van der Waals surface area contributed by atoms with E-state index >= 15 is 0 Å². The topological polar surface area (TPSA) is 9.86 Å². The van der Waals surface area contributed by atoms with Crippen LogP contribution in [0.2, 0.25) is 0 Å². The highest BCUT2D eigenvalue weighted by atomic mass is 15.0. The van der Waals surface area contributed by atoms with Crippen molar-refractivity contribution in [3.05, 3.63) is 243 Å². The first-order chi connectivity index (χ1) is 30.7. The zero-order chi connectivity index (χ0) is 41.0. The van der Waals surface area contributed by atoms with Gasteiger partial charge in [-0.05, 0) is 116 Å². The van der Waals surface area contributed by atoms with E-state index < -0.39 is 0 Å². The SMILES string of the molecule is c1ccc(-c2ccc(-c3cccc(-c4ccc(-c5ccc(-n6c7ccccc7c7ccccc76)cc5)c(-c5ccc(-n6c7ccccc7c7ccccc76)cc5)c4)c3)cc2)cc1. The van der Waals surface area contributed by atoms with Gasteiger partial charge in [0.15, 0.2) is 0 Å². The fraction of sp³-hybridized carbons (Fsp3) is 0. The average Bonchev–Trinajstić information content (AvgIpc) is 3.87. The number of fused-ring (bicyclic) bond motifs is 6. The fourth-order valence-corrected chi connectivity index (χ4v) is 9.56. The lowest BCUT2D eigenvalue weighted by atomic mass is 9.90. The molecule has 0 atom stereocenters. The minimum atomic E-state index is 1.14. The summed E-state index contributed by atoms with van der Waals surface area (Å²) in [4.78, 5) is 0. The number of para-hydroxylation sites is 4. The maximum atomic E-state index is 2.39. The predicted molar refractivity (Wildman–Crippen MR) is 262 cm³/mol. The monoisotopic (exact) mass is 788 g/mol. The molecule has 0 aliphatic rings. The van der Waals surface area contributed by atoms with Crippen LogP contribution in [0.3, 0.4) is 0 Å². The van der Waals surface area contributed by atoms with E-state index in [2.05, 4.69) is 252 Å². The summed E-state index contributed by atoms with van der Waals surface area (Å²) in [5.74, 6) is 0. The van der Waals surface area contributed by atoms with Crippen molar-refractivity contribution in [1.29, 1.82) is 0 Å². The third kappa shape index (κ3) is 6.04. The number of hydrogen-bond acceptors (Lipinski definition) is 0. The van der Waals surface area contributed by atoms with Gasteiger partial charge in [0.05, 0.1) is 22.1 Å². The van der Waals surface area contributed by atoms with Crippen molar-refractivity contribution in [2.24, 2.45) is 0 Å². The molecule has 0 aliphatic carbocycles. The van der Waals surface area contributed by atoms with Crippen molar-refractivity contribution in [2.45, 2.75) is 0 Å². The number of rotatable bonds is 7. The van der Waals surface area contributed by atoms with E-state index in [0.29, 0.717) is 0 Å². The Balaban J connectivity index is 0.963. The Labute approximate surface area is 360 Å². The summed E-state index contributed by atoms with van der Waals surface area (Å²) >= 11 is 0. The van der Waals surface area contributed by atoms with Gasteiger partial charge in [-0.15, -0.1) is 0 Å². The average molecular weight is 789 g/mol. The lowest BCUT2D eigenvalue weighted by Crippen LogP contribution is -1.95. The van der Waals surface area contributed by atoms with Gasteiger partial charge in [0.1, 0.15) is 0 Å². The van der Waals surface area contributed by atoms with Gasteiger partial charge in [-0.25, -0.2) is 0 Å². The largest absolute Gasteiger partial charge is 0.309 e. The first-order valence-electron chi connectivity index (χ1n) is 21.3. The van der Waals surface area contributed by atoms with E-state index in [4.69, 9.17) is 0 Å². The molecular weight excluding hydrogens is 749 g/mol. The molecule has 290 valence electrons. The third-order valence-corrected chi connectivity index (χ3v) is 12.6. The Hall–Kier alpha value is -8.20. The molecule has 0 amide bonds. The van der Waals surface area contributed by atoms with Crippen LogP contribution >= 0.6 is 0 Å². The van der Waals surface area contributed by atoms with Gasteiger partial charge in [0, 0.05) is 32.9 Å². The molecule has 0 spiro atoms. The first-order valence-corrected chi connectivity index (χ1v) is 21.3. The molecule has 2 heteroatoms. The van der Waals surface area contributed by atoms with E-state index in [1.54, 1.807) is 0 Å². The third-order valence-electron chi connectivity index (χ3n) is 12.6. The quantitative estimate of drug-likeness (QED) is 0.152. The summed E-state index contributed by atoms with van der Waals surface area (Å²) in [6.07, 6.45) is 0. The van der Waals surface area contributed by atoms with Gasteiger partial charge in [-0.2, -0.15) is 0 Å². The van der Waals surface area contributed by atoms with Gasteiger partial charge in [-0.3, -0.25) is 0 Å². The minimum Gasteiger partial charge on any atom is -0.309 e. The molecule has 0 N–H and O–H groups in total. The molecule has 0 saturated carbocycles. The molecule has 0 fully saturated rings. The van der Waals surface area contributed by atoms with Crippen LogP contribution in [-0.2, 0) is 0 Å². The molecular formula is C60H40N2. The lowest BCUT2D eigenvalue weighted by Gasteiger charge is -2.16. The molecule has 12 aromatic rings. The van der Waals surface area contributed by atoms with E-state index in [9.17, 15) is 0 Å². The Morgan fingerprint density at radius 3 is 1.00 bits per heavy atom. The molecule has 0 aliphatic heterocycles. The highest BCUT2D eigenvalue weighted by Gasteiger charge is 2.16. The second-order valence-corrected chi connectivity index (χ2v) is 16.1. The van der Waals surface area contributed by atoms with Crippen molar-refractivity contribution in [2.75, 3.05) is 0 Å². The molecule has 2 aromatic heterocycles. The van der Waals surface area contributed by atoms with Crippen LogP contribution in [0.25, 0.3) is 111 Å². The molecule has 12 rings (SSSR count). The Bertz CT molecular complexity index is 3480. The molecule has 0 unspecified atom stereocenters. The van der Waals surface area contributed by atoms with Crippen molar-refractivity contribution in [3.63, 3.8) is 0 Å². The normalized spacial score (nSPS) is 11.5. The minimum absolute atomic E-state index is 1.14. The van der Waals surface area contributed by atoms with Gasteiger partial charge >= 0.3 is 0 Å². The van der Waals surface area contributed by atoms with Crippen LogP contribution < -0.4 is 0 Å². The van der Waals surface area contributed by atoms with Crippen LogP contribution in [0.1, 0.15) is 0 Å². The standard InChI is InChI=1S/C60H40N2/c1-2-13-41(14-3-1)42-25-27-43(28-26-42)46-15-12-16-47(39-46)48-33-38-51(44-29-34-49(35-30-44)61-57-21-8-4-17-52(57)53-18-5-9-22-58(53)61)56(40-48)45-31-36-50(37-32-45)62-59-23-10-6-19-54(59)55-20-7-11-24-60(55)62/h1-40H. The first kappa shape index (κ1) is 35.7. The Morgan fingerprint density at radius 2 is 0.516 bits per heavy atom. The molecule has 0 radical (unpaired) electrons. The fourth-order valence-electron chi connectivity index (χ4n) is 9.56. The molecule has 2 nitrogen and oxygen atoms in total. The zero-order valence-electron chi connectivity index (χ0n) is 34.0. The van der Waals surface area contributed by atoms with Gasteiger partial charge < -0.3 is 9.13 Å². The highest BCUT2D eigenvalue weighted by Crippen LogP contribution is 2.40. The summed E-state index contributed by atoms with van der Waals surface area (Å²) in [6, 6.07) is 88.4. The van der Waals surface area contributed by atoms with E-state index in [-0.39, 0.29) is 0 Å². The van der Waals surface area contributed by atoms with Crippen LogP contribution in [0, 0.1) is 0 Å². The smallest absolute Gasteiger partial charge is 0.0541 e. The van der Waals surface area contributed by atoms with Crippen LogP contribution in [0.5, 0.6) is 0 Å². The summed E-state index contributed by atoms with van der Waals surface area (Å²) in [7, 11) is 0. The Morgan fingerprint density at radius 1 is 0.194 bits per heavy atom. The van der Waals surface area contributed by atoms with Gasteiger partial charge in [-0.1, -0.05) is 182 Å². The molecule has 10 aromatic carbocycles. The molecule has 0 bridgehead atoms. The van der Waals surface area contributed by atoms with Gasteiger partial charge in [0.2, 0.25) is 0 Å². The predicted octanol–water partition coefficient (Wildman–Crippen LogP) is 16.2. The molecule has 2 heterocycles. The van der Waals surface area contributed by atoms with Crippen molar-refractivity contribution in [3.8, 4) is 67.0 Å². The number of aromatic nitrogens is 2. The number of nitrogens with zero attached hydrogens (tertiary/aromatic N) is 2. The van der Waals surface area contributed by atoms with Crippen LogP contribution in [0.4, 0.5) is 0 Å². The number of hydrogen-bond donors (Lipinski definition) is 0. The van der Waals surface area contributed by atoms with E-state index in [1.165, 1.54) is 99.2 Å². The molecule has 0 saturated heterocycles. The van der Waals surface area contributed by atoms with E-state index in [1.807, 2.05) is 0 Å². The molecule has 62 heavy (non-hydrogen) atoms. The summed E-state index contributed by atoms with van der Waals surface area (Å²) in [5, 5.41) is 5.06. The Kier molecular flexibility index (Phi) is 8.53.